The summed E-state index contributed by atoms with van der Waals surface area (Å²) in [6.45, 7) is 0. The summed E-state index contributed by atoms with van der Waals surface area (Å²) in [6, 6.07) is 17.0. The highest BCUT2D eigenvalue weighted by atomic mass is 35.5. The van der Waals surface area contributed by atoms with Gasteiger partial charge >= 0.3 is 5.97 Å². The largest absolute Gasteiger partial charge is 0.465 e. The van der Waals surface area contributed by atoms with Crippen LogP contribution in [0.15, 0.2) is 54.6 Å². The standard InChI is InChI=1S/C18H14ClNO2/c1-22-18(21)16-10-15(11-6-8-12(19)9-7-11)13-4-2-3-5-14(13)17(16)20/h2-10H,20H2,1H3. The van der Waals surface area contributed by atoms with E-state index in [-0.39, 0.29) is 0 Å². The molecule has 110 valence electrons. The molecular weight excluding hydrogens is 298 g/mol. The number of benzene rings is 3. The molecule has 4 heteroatoms. The topological polar surface area (TPSA) is 52.3 Å². The summed E-state index contributed by atoms with van der Waals surface area (Å²) in [5.74, 6) is -0.446. The van der Waals surface area contributed by atoms with Crippen LogP contribution in [-0.4, -0.2) is 13.1 Å². The molecule has 0 aliphatic rings. The lowest BCUT2D eigenvalue weighted by molar-refractivity contribution is 0.0602. The number of halogens is 1. The van der Waals surface area contributed by atoms with Crippen molar-refractivity contribution in [3.8, 4) is 11.1 Å². The van der Waals surface area contributed by atoms with E-state index in [4.69, 9.17) is 22.1 Å². The van der Waals surface area contributed by atoms with E-state index < -0.39 is 5.97 Å². The highest BCUT2D eigenvalue weighted by molar-refractivity contribution is 6.30. The smallest absolute Gasteiger partial charge is 0.339 e. The fraction of sp³-hybridized carbons (Fsp3) is 0.0556. The Bertz CT molecular complexity index is 857. The summed E-state index contributed by atoms with van der Waals surface area (Å²) in [5.41, 5.74) is 8.82. The van der Waals surface area contributed by atoms with E-state index in [9.17, 15) is 4.79 Å². The van der Waals surface area contributed by atoms with Crippen molar-refractivity contribution in [3.63, 3.8) is 0 Å². The molecular formula is C18H14ClNO2. The minimum atomic E-state index is -0.446. The number of methoxy groups -OCH3 is 1. The van der Waals surface area contributed by atoms with Gasteiger partial charge in [-0.05, 0) is 34.7 Å². The number of ether oxygens (including phenoxy) is 1. The predicted molar refractivity (Wildman–Crippen MR) is 90.1 cm³/mol. The molecule has 0 amide bonds. The number of nitrogen functional groups attached to an aromatic ring is 1. The molecule has 0 aliphatic heterocycles. The SMILES string of the molecule is COC(=O)c1cc(-c2ccc(Cl)cc2)c2ccccc2c1N. The molecule has 0 atom stereocenters. The van der Waals surface area contributed by atoms with Crippen LogP contribution in [-0.2, 0) is 4.74 Å². The van der Waals surface area contributed by atoms with E-state index in [2.05, 4.69) is 0 Å². The minimum Gasteiger partial charge on any atom is -0.465 e. The first-order valence-corrected chi connectivity index (χ1v) is 7.15. The fourth-order valence-electron chi connectivity index (χ4n) is 2.54. The highest BCUT2D eigenvalue weighted by Crippen LogP contribution is 2.35. The third-order valence-corrected chi connectivity index (χ3v) is 3.90. The Morgan fingerprint density at radius 1 is 1.05 bits per heavy atom. The van der Waals surface area contributed by atoms with Crippen molar-refractivity contribution in [1.82, 2.24) is 0 Å². The number of fused-ring (bicyclic) bond motifs is 1. The van der Waals surface area contributed by atoms with E-state index in [0.717, 1.165) is 21.9 Å². The van der Waals surface area contributed by atoms with E-state index in [1.807, 2.05) is 48.5 Å². The summed E-state index contributed by atoms with van der Waals surface area (Å²) < 4.78 is 4.84. The number of esters is 1. The van der Waals surface area contributed by atoms with Gasteiger partial charge in [-0.25, -0.2) is 4.79 Å². The Morgan fingerprint density at radius 3 is 2.32 bits per heavy atom. The van der Waals surface area contributed by atoms with Gasteiger partial charge in [-0.15, -0.1) is 0 Å². The van der Waals surface area contributed by atoms with E-state index >= 15 is 0 Å². The molecule has 2 N–H and O–H groups in total. The first-order valence-electron chi connectivity index (χ1n) is 6.77. The molecule has 0 saturated carbocycles. The van der Waals surface area contributed by atoms with Gasteiger partial charge < -0.3 is 10.5 Å². The Morgan fingerprint density at radius 2 is 1.68 bits per heavy atom. The summed E-state index contributed by atoms with van der Waals surface area (Å²) >= 11 is 5.95. The van der Waals surface area contributed by atoms with Crippen molar-refractivity contribution in [2.45, 2.75) is 0 Å². The van der Waals surface area contributed by atoms with Crippen LogP contribution in [0.25, 0.3) is 21.9 Å². The number of carbonyl (C=O) groups excluding carboxylic acids is 1. The molecule has 0 heterocycles. The van der Waals surface area contributed by atoms with Gasteiger partial charge in [0.25, 0.3) is 0 Å². The first-order chi connectivity index (χ1) is 10.6. The van der Waals surface area contributed by atoms with Crippen LogP contribution in [0.2, 0.25) is 5.02 Å². The van der Waals surface area contributed by atoms with Crippen LogP contribution in [0.5, 0.6) is 0 Å². The zero-order valence-electron chi connectivity index (χ0n) is 12.0. The van der Waals surface area contributed by atoms with Crippen molar-refractivity contribution in [1.29, 1.82) is 0 Å². The highest BCUT2D eigenvalue weighted by Gasteiger charge is 2.16. The summed E-state index contributed by atoms with van der Waals surface area (Å²) in [5, 5.41) is 2.47. The Balaban J connectivity index is 2.35. The lowest BCUT2D eigenvalue weighted by Gasteiger charge is -2.13. The second-order valence-corrected chi connectivity index (χ2v) is 5.37. The van der Waals surface area contributed by atoms with E-state index in [1.165, 1.54) is 7.11 Å². The maximum atomic E-state index is 12.0. The zero-order chi connectivity index (χ0) is 15.7. The molecule has 0 aromatic heterocycles. The monoisotopic (exact) mass is 311 g/mol. The molecule has 0 aliphatic carbocycles. The third-order valence-electron chi connectivity index (χ3n) is 3.65. The predicted octanol–water partition coefficient (Wildman–Crippen LogP) is 4.53. The van der Waals surface area contributed by atoms with Gasteiger partial charge in [0.05, 0.1) is 18.4 Å². The Labute approximate surface area is 133 Å². The molecule has 0 bridgehead atoms. The van der Waals surface area contributed by atoms with Crippen LogP contribution in [0.4, 0.5) is 5.69 Å². The van der Waals surface area contributed by atoms with Crippen molar-refractivity contribution in [2.75, 3.05) is 12.8 Å². The second-order valence-electron chi connectivity index (χ2n) is 4.93. The normalized spacial score (nSPS) is 10.6. The van der Waals surface area contributed by atoms with Crippen LogP contribution < -0.4 is 5.73 Å². The van der Waals surface area contributed by atoms with Crippen LogP contribution >= 0.6 is 11.6 Å². The molecule has 0 saturated heterocycles. The number of rotatable bonds is 2. The summed E-state index contributed by atoms with van der Waals surface area (Å²) in [7, 11) is 1.35. The molecule has 3 nitrogen and oxygen atoms in total. The quantitative estimate of drug-likeness (QED) is 0.559. The maximum absolute atomic E-state index is 12.0. The van der Waals surface area contributed by atoms with Gasteiger partial charge in [-0.2, -0.15) is 0 Å². The van der Waals surface area contributed by atoms with Gasteiger partial charge in [-0.3, -0.25) is 0 Å². The summed E-state index contributed by atoms with van der Waals surface area (Å²) in [6.07, 6.45) is 0. The molecule has 3 aromatic carbocycles. The van der Waals surface area contributed by atoms with Gasteiger partial charge in [0.2, 0.25) is 0 Å². The molecule has 0 radical (unpaired) electrons. The summed E-state index contributed by atoms with van der Waals surface area (Å²) in [4.78, 5) is 12.0. The lowest BCUT2D eigenvalue weighted by Crippen LogP contribution is -2.06. The number of nitrogens with two attached hydrogens (primary N) is 1. The van der Waals surface area contributed by atoms with Crippen molar-refractivity contribution in [2.24, 2.45) is 0 Å². The minimum absolute atomic E-state index is 0.367. The lowest BCUT2D eigenvalue weighted by atomic mass is 9.94. The van der Waals surface area contributed by atoms with Crippen LogP contribution in [0.1, 0.15) is 10.4 Å². The van der Waals surface area contributed by atoms with Gasteiger partial charge in [-0.1, -0.05) is 48.0 Å². The van der Waals surface area contributed by atoms with Crippen molar-refractivity contribution >= 4 is 34.0 Å². The maximum Gasteiger partial charge on any atom is 0.339 e. The number of carbonyl (C=O) groups is 1. The van der Waals surface area contributed by atoms with E-state index in [0.29, 0.717) is 16.3 Å². The fourth-order valence-corrected chi connectivity index (χ4v) is 2.67. The average molecular weight is 312 g/mol. The Kier molecular flexibility index (Phi) is 3.73. The second kappa shape index (κ2) is 5.70. The molecule has 3 aromatic rings. The number of anilines is 1. The van der Waals surface area contributed by atoms with Crippen molar-refractivity contribution in [3.05, 3.63) is 65.2 Å². The number of hydrogen-bond acceptors (Lipinski definition) is 3. The molecule has 0 fully saturated rings. The van der Waals surface area contributed by atoms with Gasteiger partial charge in [0.15, 0.2) is 0 Å². The van der Waals surface area contributed by atoms with Gasteiger partial charge in [0.1, 0.15) is 0 Å². The third kappa shape index (κ3) is 2.40. The average Bonchev–Trinajstić information content (AvgIpc) is 2.56. The van der Waals surface area contributed by atoms with E-state index in [1.54, 1.807) is 6.07 Å². The van der Waals surface area contributed by atoms with Crippen molar-refractivity contribution < 1.29 is 9.53 Å². The number of hydrogen-bond donors (Lipinski definition) is 1. The van der Waals surface area contributed by atoms with Crippen LogP contribution in [0, 0.1) is 0 Å². The molecule has 3 rings (SSSR count). The molecule has 0 unspecified atom stereocenters. The van der Waals surface area contributed by atoms with Crippen LogP contribution in [0.3, 0.4) is 0 Å². The molecule has 22 heavy (non-hydrogen) atoms. The Hall–Kier alpha value is -2.52. The zero-order valence-corrected chi connectivity index (χ0v) is 12.7. The first kappa shape index (κ1) is 14.4. The molecule has 0 spiro atoms. The van der Waals surface area contributed by atoms with Gasteiger partial charge in [0, 0.05) is 10.4 Å².